The Morgan fingerprint density at radius 3 is 1.24 bits per heavy atom. The first-order valence-electron chi connectivity index (χ1n) is 26.2. The van der Waals surface area contributed by atoms with Crippen LogP contribution in [0.25, 0.3) is 23.3 Å². The zero-order valence-corrected chi connectivity index (χ0v) is 44.0. The van der Waals surface area contributed by atoms with Crippen molar-refractivity contribution in [2.75, 3.05) is 0 Å². The lowest BCUT2D eigenvalue weighted by Crippen LogP contribution is -2.29. The summed E-state index contributed by atoms with van der Waals surface area (Å²) in [5, 5.41) is 8.74. The van der Waals surface area contributed by atoms with Crippen molar-refractivity contribution in [3.63, 3.8) is 0 Å². The molecule has 0 saturated heterocycles. The first-order valence-corrected chi connectivity index (χ1v) is 26.2. The van der Waals surface area contributed by atoms with Crippen LogP contribution in [0.1, 0.15) is 125 Å². The molecule has 0 atom stereocenters. The summed E-state index contributed by atoms with van der Waals surface area (Å²) in [6, 6.07) is 40.0. The van der Waals surface area contributed by atoms with Gasteiger partial charge >= 0.3 is 23.9 Å². The Hall–Kier alpha value is -7.83. The summed E-state index contributed by atoms with van der Waals surface area (Å²) >= 11 is 0. The van der Waals surface area contributed by atoms with E-state index in [1.54, 1.807) is 36.4 Å². The van der Waals surface area contributed by atoms with E-state index in [1.165, 1.54) is 87.5 Å². The van der Waals surface area contributed by atoms with Gasteiger partial charge in [-0.3, -0.25) is 0 Å². The van der Waals surface area contributed by atoms with E-state index in [9.17, 15) is 19.2 Å². The fraction of sp³-hybridized carbons (Fsp3) is 0.318. The molecule has 5 aromatic carbocycles. The van der Waals surface area contributed by atoms with Crippen molar-refractivity contribution in [2.24, 2.45) is 23.7 Å². The molecule has 9 nitrogen and oxygen atoms in total. The van der Waals surface area contributed by atoms with Gasteiger partial charge in [0.25, 0.3) is 0 Å². The average molecular weight is 1010 g/mol. The molecular weight excluding hydrogens is 935 g/mol. The minimum Gasteiger partial charge on any atom is -0.459 e. The van der Waals surface area contributed by atoms with Gasteiger partial charge in [-0.2, -0.15) is 5.26 Å². The van der Waals surface area contributed by atoms with Crippen molar-refractivity contribution in [1.29, 1.82) is 5.26 Å². The number of benzene rings is 5. The molecule has 0 N–H and O–H groups in total. The van der Waals surface area contributed by atoms with Crippen LogP contribution >= 0.6 is 0 Å². The highest BCUT2D eigenvalue weighted by Crippen LogP contribution is 2.40. The van der Waals surface area contributed by atoms with E-state index in [0.29, 0.717) is 28.7 Å². The number of aryl methyl sites for hydroxylation is 1. The molecule has 0 unspecified atom stereocenters. The third kappa shape index (κ3) is 20.5. The van der Waals surface area contributed by atoms with E-state index in [-0.39, 0.29) is 12.1 Å². The van der Waals surface area contributed by atoms with Gasteiger partial charge < -0.3 is 18.9 Å². The molecule has 0 bridgehead atoms. The molecular formula is C66H73NO8. The van der Waals surface area contributed by atoms with Crippen LogP contribution in [-0.4, -0.2) is 30.0 Å². The van der Waals surface area contributed by atoms with Gasteiger partial charge in [0.2, 0.25) is 0 Å². The molecule has 3 saturated carbocycles. The summed E-state index contributed by atoms with van der Waals surface area (Å²) in [7, 11) is 0. The smallest absolute Gasteiger partial charge is 0.335 e. The Labute approximate surface area is 445 Å². The highest BCUT2D eigenvalue weighted by atomic mass is 16.5. The molecule has 0 spiro atoms. The summed E-state index contributed by atoms with van der Waals surface area (Å²) in [4.78, 5) is 44.3. The highest BCUT2D eigenvalue weighted by molar-refractivity contribution is 5.84. The number of hydrogen-bond acceptors (Lipinski definition) is 9. The van der Waals surface area contributed by atoms with Crippen molar-refractivity contribution < 1.29 is 38.1 Å². The number of carbonyl (C=O) groups excluding carboxylic acids is 4. The van der Waals surface area contributed by atoms with E-state index < -0.39 is 17.9 Å². The summed E-state index contributed by atoms with van der Waals surface area (Å²) in [5.74, 6) is 4.29. The fourth-order valence-electron chi connectivity index (χ4n) is 9.49. The fourth-order valence-corrected chi connectivity index (χ4v) is 9.49. The molecule has 9 heteroatoms. The Balaban J connectivity index is 0.000000185. The van der Waals surface area contributed by atoms with Crippen molar-refractivity contribution >= 4 is 36.0 Å². The molecule has 0 radical (unpaired) electrons. The third-order valence-electron chi connectivity index (χ3n) is 14.0. The highest BCUT2D eigenvalue weighted by Gasteiger charge is 2.31. The number of esters is 4. The van der Waals surface area contributed by atoms with Gasteiger partial charge in [0, 0.05) is 24.3 Å². The summed E-state index contributed by atoms with van der Waals surface area (Å²) < 4.78 is 20.4. The number of rotatable bonds is 13. The molecule has 3 fully saturated rings. The number of nitriles is 1. The Morgan fingerprint density at radius 1 is 0.467 bits per heavy atom. The van der Waals surface area contributed by atoms with Gasteiger partial charge in [0.15, 0.2) is 0 Å². The lowest BCUT2D eigenvalue weighted by Gasteiger charge is -2.36. The van der Waals surface area contributed by atoms with E-state index in [1.807, 2.05) is 60.7 Å². The minimum atomic E-state index is -0.480. The number of hydrogen-bond donors (Lipinski definition) is 0. The second kappa shape index (κ2) is 31.0. The quantitative estimate of drug-likeness (QED) is 0.0490. The lowest BCUT2D eigenvalue weighted by molar-refractivity contribution is -0.145. The van der Waals surface area contributed by atoms with Gasteiger partial charge in [0.05, 0.1) is 11.6 Å². The molecule has 0 amide bonds. The van der Waals surface area contributed by atoms with Crippen LogP contribution in [0, 0.1) is 41.9 Å². The molecule has 0 aliphatic heterocycles. The summed E-state index contributed by atoms with van der Waals surface area (Å²) in [6.07, 6.45) is 24.4. The van der Waals surface area contributed by atoms with Gasteiger partial charge in [-0.25, -0.2) is 19.2 Å². The van der Waals surface area contributed by atoms with E-state index in [0.717, 1.165) is 70.9 Å². The van der Waals surface area contributed by atoms with Crippen LogP contribution in [-0.2, 0) is 23.9 Å². The van der Waals surface area contributed by atoms with Crippen LogP contribution in [0.3, 0.4) is 0 Å². The largest absolute Gasteiger partial charge is 0.459 e. The van der Waals surface area contributed by atoms with Gasteiger partial charge in [-0.05, 0) is 164 Å². The third-order valence-corrected chi connectivity index (χ3v) is 14.0. The zero-order chi connectivity index (χ0) is 54.0. The lowest BCUT2D eigenvalue weighted by atomic mass is 9.71. The monoisotopic (exact) mass is 1010 g/mol. The predicted octanol–water partition coefficient (Wildman–Crippen LogP) is 15.7. The second-order valence-electron chi connectivity index (χ2n) is 19.6. The van der Waals surface area contributed by atoms with Crippen molar-refractivity contribution in [2.45, 2.75) is 110 Å². The molecule has 3 aliphatic rings. The summed E-state index contributed by atoms with van der Waals surface area (Å²) in [5.41, 5.74) is 7.42. The Morgan fingerprint density at radius 2 is 0.827 bits per heavy atom. The number of carbonyl (C=O) groups is 4. The zero-order valence-electron chi connectivity index (χ0n) is 44.0. The molecule has 0 heterocycles. The van der Waals surface area contributed by atoms with Gasteiger partial charge in [-0.15, -0.1) is 0 Å². The molecule has 8 rings (SSSR count). The van der Waals surface area contributed by atoms with Crippen molar-refractivity contribution in [3.05, 3.63) is 200 Å². The van der Waals surface area contributed by atoms with Crippen LogP contribution in [0.4, 0.5) is 0 Å². The normalized spacial score (nSPS) is 19.7. The van der Waals surface area contributed by atoms with E-state index >= 15 is 0 Å². The second-order valence-corrected chi connectivity index (χ2v) is 19.6. The molecule has 3 aliphatic carbocycles. The molecule has 0 aromatic heterocycles. The van der Waals surface area contributed by atoms with E-state index in [4.69, 9.17) is 24.2 Å². The predicted molar refractivity (Wildman–Crippen MR) is 301 cm³/mol. The Kier molecular flexibility index (Phi) is 24.0. The summed E-state index contributed by atoms with van der Waals surface area (Å²) in [6.45, 7) is 20.3. The SMILES string of the molecule is C=CC(=O)OC1CCC(C2CCC(C)CC2)CC1.C=CC(=O)Oc1ccc(-c2ccc(C#N)cc2)cc1.C=CC(=O)Oc1ccc(C2CCC(C)CC2)cc1.C=CC(=O)Oc1ccc(C=Cc2ccc(C)cc2)cc1. The first kappa shape index (κ1) is 58.1. The number of nitrogens with zero attached hydrogens (tertiary/aromatic N) is 1. The van der Waals surface area contributed by atoms with Crippen molar-refractivity contribution in [1.82, 2.24) is 0 Å². The minimum absolute atomic E-state index is 0.147. The molecule has 75 heavy (non-hydrogen) atoms. The first-order chi connectivity index (χ1) is 36.3. The van der Waals surface area contributed by atoms with Crippen LogP contribution < -0.4 is 14.2 Å². The molecule has 5 aromatic rings. The topological polar surface area (TPSA) is 129 Å². The average Bonchev–Trinajstić information content (AvgIpc) is 3.44. The maximum atomic E-state index is 11.2. The van der Waals surface area contributed by atoms with Crippen LogP contribution in [0.5, 0.6) is 17.2 Å². The van der Waals surface area contributed by atoms with Gasteiger partial charge in [0.1, 0.15) is 23.4 Å². The van der Waals surface area contributed by atoms with Crippen molar-refractivity contribution in [3.8, 4) is 34.4 Å². The molecule has 390 valence electrons. The Bertz CT molecular complexity index is 2690. The van der Waals surface area contributed by atoms with Gasteiger partial charge in [-0.1, -0.05) is 156 Å². The maximum Gasteiger partial charge on any atom is 0.335 e. The number of ether oxygens (including phenoxy) is 4. The van der Waals surface area contributed by atoms with Crippen LogP contribution in [0.2, 0.25) is 0 Å². The van der Waals surface area contributed by atoms with Crippen LogP contribution in [0.15, 0.2) is 172 Å². The standard InChI is InChI=1S/C18H16O2.C16H11NO2.C16H26O2.C16H20O2/c1-3-18(19)20-17-12-10-16(11-13-17)9-8-15-6-4-14(2)5-7-15;1-2-16(18)19-15-9-7-14(8-10-15)13-5-3-12(11-17)4-6-13;2*1-3-16(17)18-15-10-8-14(9-11-15)13-6-4-12(2)5-7-13/h3-13H,1H2,2H3;2-10H,1H2;3,12-15H,1,4-11H2,2H3;3,8-13H,1,4-7H2,2H3. The van der Waals surface area contributed by atoms with E-state index in [2.05, 4.69) is 89.6 Å². The maximum absolute atomic E-state index is 11.2.